The van der Waals surface area contributed by atoms with Crippen molar-refractivity contribution in [2.75, 3.05) is 5.32 Å². The zero-order valence-electron chi connectivity index (χ0n) is 11.0. The molecule has 2 aromatic carbocycles. The predicted octanol–water partition coefficient (Wildman–Crippen LogP) is 4.94. The van der Waals surface area contributed by atoms with E-state index in [-0.39, 0.29) is 0 Å². The molecule has 0 amide bonds. The van der Waals surface area contributed by atoms with Crippen molar-refractivity contribution in [3.63, 3.8) is 0 Å². The van der Waals surface area contributed by atoms with E-state index in [0.29, 0.717) is 6.04 Å². The van der Waals surface area contributed by atoms with Crippen LogP contribution in [0.4, 0.5) is 5.69 Å². The number of thiophene rings is 1. The smallest absolute Gasteiger partial charge is 0.0348 e. The quantitative estimate of drug-likeness (QED) is 0.705. The molecule has 96 valence electrons. The molecule has 0 aliphatic heterocycles. The van der Waals surface area contributed by atoms with Gasteiger partial charge in [0.15, 0.2) is 0 Å². The van der Waals surface area contributed by atoms with Crippen molar-refractivity contribution in [3.8, 4) is 0 Å². The van der Waals surface area contributed by atoms with Gasteiger partial charge in [-0.05, 0) is 58.6 Å². The van der Waals surface area contributed by atoms with Gasteiger partial charge in [-0.25, -0.2) is 0 Å². The first-order chi connectivity index (χ1) is 9.31. The highest BCUT2D eigenvalue weighted by Crippen LogP contribution is 2.20. The molecule has 1 atom stereocenters. The molecule has 3 rings (SSSR count). The van der Waals surface area contributed by atoms with E-state index in [1.807, 2.05) is 0 Å². The van der Waals surface area contributed by atoms with Crippen LogP contribution in [0.3, 0.4) is 0 Å². The van der Waals surface area contributed by atoms with E-state index in [1.54, 1.807) is 11.3 Å². The lowest BCUT2D eigenvalue weighted by atomic mass is 10.1. The van der Waals surface area contributed by atoms with Crippen molar-refractivity contribution in [2.24, 2.45) is 0 Å². The summed E-state index contributed by atoms with van der Waals surface area (Å²) in [5, 5.41) is 10.5. The van der Waals surface area contributed by atoms with Crippen LogP contribution in [0.1, 0.15) is 12.5 Å². The van der Waals surface area contributed by atoms with Gasteiger partial charge < -0.3 is 5.32 Å². The summed E-state index contributed by atoms with van der Waals surface area (Å²) in [6.45, 7) is 2.23. The minimum atomic E-state index is 0.441. The number of fused-ring (bicyclic) bond motifs is 1. The molecule has 1 unspecified atom stereocenters. The van der Waals surface area contributed by atoms with E-state index < -0.39 is 0 Å². The molecule has 1 heterocycles. The van der Waals surface area contributed by atoms with Crippen LogP contribution in [0.5, 0.6) is 0 Å². The van der Waals surface area contributed by atoms with Crippen molar-refractivity contribution < 1.29 is 0 Å². The van der Waals surface area contributed by atoms with Gasteiger partial charge in [0.1, 0.15) is 0 Å². The zero-order valence-corrected chi connectivity index (χ0v) is 11.8. The Morgan fingerprint density at radius 1 is 1.05 bits per heavy atom. The van der Waals surface area contributed by atoms with Gasteiger partial charge in [0.25, 0.3) is 0 Å². The van der Waals surface area contributed by atoms with Crippen LogP contribution in [0.25, 0.3) is 10.8 Å². The molecule has 1 nitrogen and oxygen atoms in total. The van der Waals surface area contributed by atoms with Crippen LogP contribution in [0, 0.1) is 0 Å². The second-order valence-corrected chi connectivity index (χ2v) is 5.72. The second kappa shape index (κ2) is 5.45. The van der Waals surface area contributed by atoms with E-state index >= 15 is 0 Å². The van der Waals surface area contributed by atoms with Crippen LogP contribution in [-0.4, -0.2) is 6.04 Å². The van der Waals surface area contributed by atoms with E-state index in [4.69, 9.17) is 0 Å². The summed E-state index contributed by atoms with van der Waals surface area (Å²) in [7, 11) is 0. The first-order valence-corrected chi connectivity index (χ1v) is 7.52. The molecule has 0 saturated heterocycles. The summed E-state index contributed by atoms with van der Waals surface area (Å²) < 4.78 is 0. The molecule has 0 spiro atoms. The van der Waals surface area contributed by atoms with E-state index in [0.717, 1.165) is 6.42 Å². The van der Waals surface area contributed by atoms with E-state index in [1.165, 1.54) is 22.0 Å². The molecule has 1 N–H and O–H groups in total. The van der Waals surface area contributed by atoms with Crippen LogP contribution in [0.2, 0.25) is 0 Å². The number of hydrogen-bond acceptors (Lipinski definition) is 2. The first kappa shape index (κ1) is 12.2. The van der Waals surface area contributed by atoms with Gasteiger partial charge in [0.05, 0.1) is 0 Å². The molecule has 19 heavy (non-hydrogen) atoms. The number of rotatable bonds is 4. The Morgan fingerprint density at radius 3 is 2.68 bits per heavy atom. The van der Waals surface area contributed by atoms with Crippen molar-refractivity contribution in [1.82, 2.24) is 0 Å². The fourth-order valence-corrected chi connectivity index (χ4v) is 3.06. The lowest BCUT2D eigenvalue weighted by Crippen LogP contribution is -2.17. The van der Waals surface area contributed by atoms with Crippen molar-refractivity contribution in [1.29, 1.82) is 0 Å². The summed E-state index contributed by atoms with van der Waals surface area (Å²) in [6.07, 6.45) is 1.07. The van der Waals surface area contributed by atoms with Gasteiger partial charge in [0, 0.05) is 11.7 Å². The van der Waals surface area contributed by atoms with Crippen LogP contribution < -0.4 is 5.32 Å². The standard InChI is InChI=1S/C17H17NS/c1-13(10-14-8-9-19-12-14)18-17-7-6-15-4-2-3-5-16(15)11-17/h2-9,11-13,18H,10H2,1H3. The highest BCUT2D eigenvalue weighted by molar-refractivity contribution is 7.07. The molecule has 1 aromatic heterocycles. The predicted molar refractivity (Wildman–Crippen MR) is 85.1 cm³/mol. The molecule has 0 aliphatic rings. The van der Waals surface area contributed by atoms with Crippen molar-refractivity contribution >= 4 is 27.8 Å². The minimum Gasteiger partial charge on any atom is -0.382 e. The Kier molecular flexibility index (Phi) is 3.51. The first-order valence-electron chi connectivity index (χ1n) is 6.58. The highest BCUT2D eigenvalue weighted by atomic mass is 32.1. The Bertz CT molecular complexity index is 658. The van der Waals surface area contributed by atoms with Gasteiger partial charge in [0.2, 0.25) is 0 Å². The lowest BCUT2D eigenvalue weighted by molar-refractivity contribution is 0.793. The average molecular weight is 267 g/mol. The molecular weight excluding hydrogens is 250 g/mol. The van der Waals surface area contributed by atoms with Crippen LogP contribution >= 0.6 is 11.3 Å². The molecule has 0 aliphatic carbocycles. The summed E-state index contributed by atoms with van der Waals surface area (Å²) in [4.78, 5) is 0. The molecule has 0 radical (unpaired) electrons. The summed E-state index contributed by atoms with van der Waals surface area (Å²) in [5.74, 6) is 0. The fourth-order valence-electron chi connectivity index (χ4n) is 2.38. The largest absolute Gasteiger partial charge is 0.382 e. The number of hydrogen-bond donors (Lipinski definition) is 1. The van der Waals surface area contributed by atoms with Crippen LogP contribution in [0.15, 0.2) is 59.3 Å². The fraction of sp³-hybridized carbons (Fsp3) is 0.176. The molecule has 0 saturated carbocycles. The Hall–Kier alpha value is -1.80. The van der Waals surface area contributed by atoms with Gasteiger partial charge in [-0.3, -0.25) is 0 Å². The Labute approximate surface area is 117 Å². The third-order valence-corrected chi connectivity index (χ3v) is 4.02. The Balaban J connectivity index is 1.73. The van der Waals surface area contributed by atoms with Crippen molar-refractivity contribution in [2.45, 2.75) is 19.4 Å². The normalized spacial score (nSPS) is 12.5. The third kappa shape index (κ3) is 2.96. The summed E-state index contributed by atoms with van der Waals surface area (Å²) in [5.41, 5.74) is 2.60. The third-order valence-electron chi connectivity index (χ3n) is 3.28. The SMILES string of the molecule is CC(Cc1ccsc1)Nc1ccc2ccccc2c1. The van der Waals surface area contributed by atoms with Crippen LogP contribution in [-0.2, 0) is 6.42 Å². The minimum absolute atomic E-state index is 0.441. The highest BCUT2D eigenvalue weighted by Gasteiger charge is 2.04. The maximum atomic E-state index is 3.58. The van der Waals surface area contributed by atoms with Gasteiger partial charge in [-0.15, -0.1) is 0 Å². The van der Waals surface area contributed by atoms with E-state index in [2.05, 4.69) is 71.5 Å². The summed E-state index contributed by atoms with van der Waals surface area (Å²) in [6, 6.07) is 17.7. The molecule has 0 bridgehead atoms. The molecule has 2 heteroatoms. The van der Waals surface area contributed by atoms with Gasteiger partial charge in [-0.1, -0.05) is 30.3 Å². The summed E-state index contributed by atoms with van der Waals surface area (Å²) >= 11 is 1.76. The van der Waals surface area contributed by atoms with E-state index in [9.17, 15) is 0 Å². The number of anilines is 1. The topological polar surface area (TPSA) is 12.0 Å². The monoisotopic (exact) mass is 267 g/mol. The number of benzene rings is 2. The average Bonchev–Trinajstić information content (AvgIpc) is 2.91. The molecule has 3 aromatic rings. The maximum absolute atomic E-state index is 3.58. The number of nitrogens with one attached hydrogen (secondary N) is 1. The zero-order chi connectivity index (χ0) is 13.1. The van der Waals surface area contributed by atoms with Gasteiger partial charge in [-0.2, -0.15) is 11.3 Å². The van der Waals surface area contributed by atoms with Crippen molar-refractivity contribution in [3.05, 3.63) is 64.9 Å². The maximum Gasteiger partial charge on any atom is 0.0348 e. The Morgan fingerprint density at radius 2 is 1.89 bits per heavy atom. The van der Waals surface area contributed by atoms with Gasteiger partial charge >= 0.3 is 0 Å². The molecule has 0 fully saturated rings. The second-order valence-electron chi connectivity index (χ2n) is 4.94. The lowest BCUT2D eigenvalue weighted by Gasteiger charge is -2.15. The molecular formula is C17H17NS.